The largest absolute Gasteiger partial charge is 0.491 e. The van der Waals surface area contributed by atoms with Crippen LogP contribution < -0.4 is 4.74 Å². The Labute approximate surface area is 197 Å². The van der Waals surface area contributed by atoms with Gasteiger partial charge >= 0.3 is 6.18 Å². The van der Waals surface area contributed by atoms with Crippen molar-refractivity contribution >= 4 is 23.2 Å². The van der Waals surface area contributed by atoms with Gasteiger partial charge in [0.1, 0.15) is 12.1 Å². The molecule has 0 N–H and O–H groups in total. The van der Waals surface area contributed by atoms with Crippen LogP contribution in [0, 0.1) is 0 Å². The molecule has 0 spiro atoms. The lowest BCUT2D eigenvalue weighted by molar-refractivity contribution is -0.180. The molecule has 0 atom stereocenters. The summed E-state index contributed by atoms with van der Waals surface area (Å²) >= 11 is 0. The molecule has 34 heavy (non-hydrogen) atoms. The third kappa shape index (κ3) is 4.86. The number of ether oxygens (including phenoxy) is 1. The molecular weight excluding hydrogens is 437 g/mol. The Morgan fingerprint density at radius 2 is 1.47 bits per heavy atom. The molecule has 0 aliphatic heterocycles. The summed E-state index contributed by atoms with van der Waals surface area (Å²) < 4.78 is 47.5. The summed E-state index contributed by atoms with van der Waals surface area (Å²) in [6.07, 6.45) is 1.43. The number of nitrogens with zero attached hydrogens (tertiary/aromatic N) is 2. The first-order chi connectivity index (χ1) is 16.0. The van der Waals surface area contributed by atoms with Gasteiger partial charge in [0.2, 0.25) is 0 Å². The summed E-state index contributed by atoms with van der Waals surface area (Å²) in [7, 11) is 0. The Bertz CT molecular complexity index is 1300. The summed E-state index contributed by atoms with van der Waals surface area (Å²) in [4.78, 5) is 4.53. The highest BCUT2D eigenvalue weighted by atomic mass is 19.4. The van der Waals surface area contributed by atoms with E-state index in [1.807, 2.05) is 73.0 Å². The molecule has 1 aromatic heterocycles. The van der Waals surface area contributed by atoms with Crippen LogP contribution in [0.1, 0.15) is 44.4 Å². The van der Waals surface area contributed by atoms with Gasteiger partial charge in [0.15, 0.2) is 0 Å². The van der Waals surface area contributed by atoms with Gasteiger partial charge in [0, 0.05) is 5.69 Å². The molecule has 176 valence electrons. The molecular formula is C28H27F3N2O. The van der Waals surface area contributed by atoms with Crippen LogP contribution in [-0.2, 0) is 5.41 Å². The van der Waals surface area contributed by atoms with Crippen molar-refractivity contribution in [3.05, 3.63) is 89.7 Å². The van der Waals surface area contributed by atoms with Crippen LogP contribution in [0.3, 0.4) is 0 Å². The number of benzene rings is 3. The van der Waals surface area contributed by atoms with Gasteiger partial charge in [-0.3, -0.25) is 4.57 Å². The summed E-state index contributed by atoms with van der Waals surface area (Å²) in [5, 5.41) is 0. The Morgan fingerprint density at radius 1 is 0.853 bits per heavy atom. The average molecular weight is 465 g/mol. The van der Waals surface area contributed by atoms with Crippen LogP contribution in [0.15, 0.2) is 73.1 Å². The van der Waals surface area contributed by atoms with Crippen LogP contribution in [0.2, 0.25) is 0 Å². The minimum Gasteiger partial charge on any atom is -0.491 e. The van der Waals surface area contributed by atoms with E-state index in [0.717, 1.165) is 33.6 Å². The average Bonchev–Trinajstić information content (AvgIpc) is 3.20. The van der Waals surface area contributed by atoms with E-state index in [9.17, 15) is 13.2 Å². The molecule has 0 aliphatic carbocycles. The molecule has 0 aliphatic rings. The molecule has 3 nitrogen and oxygen atoms in total. The molecule has 0 unspecified atom stereocenters. The van der Waals surface area contributed by atoms with Gasteiger partial charge in [-0.2, -0.15) is 13.2 Å². The Kier molecular flexibility index (Phi) is 6.26. The lowest BCUT2D eigenvalue weighted by Gasteiger charge is -2.28. The number of hydrogen-bond donors (Lipinski definition) is 0. The fourth-order valence-electron chi connectivity index (χ4n) is 3.66. The van der Waals surface area contributed by atoms with Crippen molar-refractivity contribution in [3.8, 4) is 11.4 Å². The van der Waals surface area contributed by atoms with E-state index in [-0.39, 0.29) is 11.7 Å². The first kappa shape index (κ1) is 23.6. The van der Waals surface area contributed by atoms with Crippen molar-refractivity contribution in [2.24, 2.45) is 0 Å². The molecule has 0 amide bonds. The maximum absolute atomic E-state index is 13.3. The predicted octanol–water partition coefficient (Wildman–Crippen LogP) is 7.82. The lowest BCUT2D eigenvalue weighted by atomic mass is 9.83. The first-order valence-electron chi connectivity index (χ1n) is 11.1. The maximum atomic E-state index is 13.3. The predicted molar refractivity (Wildman–Crippen MR) is 131 cm³/mol. The van der Waals surface area contributed by atoms with Gasteiger partial charge < -0.3 is 4.74 Å². The minimum atomic E-state index is -4.30. The smallest absolute Gasteiger partial charge is 0.397 e. The van der Waals surface area contributed by atoms with Crippen molar-refractivity contribution in [2.75, 3.05) is 0 Å². The van der Waals surface area contributed by atoms with Crippen LogP contribution in [0.5, 0.6) is 5.75 Å². The van der Waals surface area contributed by atoms with E-state index < -0.39 is 11.6 Å². The van der Waals surface area contributed by atoms with Crippen molar-refractivity contribution in [3.63, 3.8) is 0 Å². The Hall–Kier alpha value is -3.54. The second-order valence-electron chi connectivity index (χ2n) is 9.10. The van der Waals surface area contributed by atoms with E-state index in [2.05, 4.69) is 4.98 Å². The number of aromatic nitrogens is 2. The van der Waals surface area contributed by atoms with Crippen molar-refractivity contribution < 1.29 is 17.9 Å². The number of rotatable bonds is 6. The zero-order valence-corrected chi connectivity index (χ0v) is 19.6. The van der Waals surface area contributed by atoms with Crippen molar-refractivity contribution in [1.82, 2.24) is 9.55 Å². The highest BCUT2D eigenvalue weighted by Gasteiger charge is 2.48. The third-order valence-electron chi connectivity index (χ3n) is 5.87. The number of halogens is 3. The molecule has 0 saturated heterocycles. The second-order valence-corrected chi connectivity index (χ2v) is 9.10. The molecule has 0 fully saturated rings. The molecule has 0 saturated carbocycles. The van der Waals surface area contributed by atoms with Crippen molar-refractivity contribution in [1.29, 1.82) is 0 Å². The molecule has 1 heterocycles. The highest BCUT2D eigenvalue weighted by molar-refractivity contribution is 5.82. The van der Waals surface area contributed by atoms with Gasteiger partial charge in [-0.15, -0.1) is 0 Å². The maximum Gasteiger partial charge on any atom is 0.397 e. The normalized spacial score (nSPS) is 12.7. The highest BCUT2D eigenvalue weighted by Crippen LogP contribution is 2.40. The van der Waals surface area contributed by atoms with Crippen molar-refractivity contribution in [2.45, 2.75) is 45.4 Å². The van der Waals surface area contributed by atoms with E-state index in [4.69, 9.17) is 4.74 Å². The quantitative estimate of drug-likeness (QED) is 0.272. The van der Waals surface area contributed by atoms with E-state index in [0.29, 0.717) is 0 Å². The van der Waals surface area contributed by atoms with E-state index in [1.54, 1.807) is 18.5 Å². The third-order valence-corrected chi connectivity index (χ3v) is 5.87. The van der Waals surface area contributed by atoms with Crippen LogP contribution >= 0.6 is 0 Å². The molecule has 4 aromatic rings. The zero-order chi connectivity index (χ0) is 24.5. The summed E-state index contributed by atoms with van der Waals surface area (Å²) in [6.45, 7) is 6.37. The number of alkyl halides is 3. The summed E-state index contributed by atoms with van der Waals surface area (Å²) in [5.41, 5.74) is 2.96. The topological polar surface area (TPSA) is 27.1 Å². The summed E-state index contributed by atoms with van der Waals surface area (Å²) in [6, 6.07) is 20.4. The Balaban J connectivity index is 1.52. The van der Waals surface area contributed by atoms with Gasteiger partial charge in [0.25, 0.3) is 0 Å². The number of imidazole rings is 1. The fraction of sp³-hybridized carbons (Fsp3) is 0.250. The molecule has 0 radical (unpaired) electrons. The molecule has 4 rings (SSSR count). The fourth-order valence-corrected chi connectivity index (χ4v) is 3.66. The van der Waals surface area contributed by atoms with Crippen LogP contribution in [0.25, 0.3) is 28.9 Å². The molecule has 3 aromatic carbocycles. The van der Waals surface area contributed by atoms with Gasteiger partial charge in [-0.25, -0.2) is 4.98 Å². The number of hydrogen-bond acceptors (Lipinski definition) is 2. The van der Waals surface area contributed by atoms with Crippen LogP contribution in [-0.4, -0.2) is 21.8 Å². The number of fused-ring (bicyclic) bond motifs is 1. The first-order valence-corrected chi connectivity index (χ1v) is 11.1. The van der Waals surface area contributed by atoms with Gasteiger partial charge in [-0.05, 0) is 80.8 Å². The lowest BCUT2D eigenvalue weighted by Crippen LogP contribution is -2.36. The SMILES string of the molecule is CC(C)Oc1ccc(-n2cnc3cc(/C=C\c4ccc(C(C)(C)C(F)(F)F)cc4)ccc32)cc1. The minimum absolute atomic E-state index is 0.121. The zero-order valence-electron chi connectivity index (χ0n) is 19.6. The Morgan fingerprint density at radius 3 is 2.09 bits per heavy atom. The standard InChI is InChI=1S/C28H27F3N2O/c1-19(2)34-24-14-12-23(13-15-24)33-18-32-25-17-21(9-16-26(25)33)6-5-20-7-10-22(11-8-20)27(3,4)28(29,30)31/h5-19H,1-4H3/b6-5-. The monoisotopic (exact) mass is 464 g/mol. The second kappa shape index (κ2) is 9.01. The van der Waals surface area contributed by atoms with Gasteiger partial charge in [0.05, 0.1) is 22.6 Å². The van der Waals surface area contributed by atoms with E-state index in [1.165, 1.54) is 26.0 Å². The molecule has 6 heteroatoms. The van der Waals surface area contributed by atoms with Gasteiger partial charge in [-0.1, -0.05) is 42.5 Å². The van der Waals surface area contributed by atoms with E-state index >= 15 is 0 Å². The summed E-state index contributed by atoms with van der Waals surface area (Å²) in [5.74, 6) is 0.825. The molecule has 0 bridgehead atoms. The van der Waals surface area contributed by atoms with Crippen LogP contribution in [0.4, 0.5) is 13.2 Å².